The Morgan fingerprint density at radius 1 is 1.33 bits per heavy atom. The van der Waals surface area contributed by atoms with Crippen LogP contribution in [0.5, 0.6) is 0 Å². The third kappa shape index (κ3) is 4.62. The number of rotatable bonds is 8. The van der Waals surface area contributed by atoms with Crippen LogP contribution in [-0.2, 0) is 23.1 Å². The Balaban J connectivity index is 1.90. The van der Waals surface area contributed by atoms with E-state index in [0.717, 1.165) is 5.56 Å². The third-order valence-corrected chi connectivity index (χ3v) is 4.38. The Kier molecular flexibility index (Phi) is 5.43. The molecule has 0 atom stereocenters. The monoisotopic (exact) mass is 309 g/mol. The molecule has 0 fully saturated rings. The van der Waals surface area contributed by atoms with Crippen molar-refractivity contribution >= 4 is 10.0 Å². The van der Waals surface area contributed by atoms with Gasteiger partial charge in [-0.15, -0.1) is 5.10 Å². The van der Waals surface area contributed by atoms with Crippen LogP contribution < -0.4 is 10.0 Å². The van der Waals surface area contributed by atoms with Crippen molar-refractivity contribution in [1.82, 2.24) is 25.0 Å². The Hall–Kier alpha value is -1.77. The summed E-state index contributed by atoms with van der Waals surface area (Å²) < 4.78 is 28.6. The van der Waals surface area contributed by atoms with E-state index in [1.54, 1.807) is 35.3 Å². The minimum atomic E-state index is -3.47. The van der Waals surface area contributed by atoms with Crippen LogP contribution in [0.1, 0.15) is 12.0 Å². The van der Waals surface area contributed by atoms with Crippen LogP contribution >= 0.6 is 0 Å². The molecular weight excluding hydrogens is 290 g/mol. The molecule has 1 aromatic carbocycles. The number of benzene rings is 1. The molecule has 0 saturated heterocycles. The van der Waals surface area contributed by atoms with Crippen molar-refractivity contribution in [3.63, 3.8) is 0 Å². The topological polar surface area (TPSA) is 88.9 Å². The number of aryl methyl sites for hydroxylation is 1. The summed E-state index contributed by atoms with van der Waals surface area (Å²) in [5.41, 5.74) is 0.933. The Morgan fingerprint density at radius 2 is 2.19 bits per heavy atom. The third-order valence-electron chi connectivity index (χ3n) is 2.92. The van der Waals surface area contributed by atoms with E-state index < -0.39 is 10.0 Å². The number of hydrogen-bond acceptors (Lipinski definition) is 5. The van der Waals surface area contributed by atoms with Gasteiger partial charge in [-0.1, -0.05) is 17.3 Å². The molecule has 21 heavy (non-hydrogen) atoms. The van der Waals surface area contributed by atoms with Crippen LogP contribution in [0.4, 0.5) is 0 Å². The zero-order valence-electron chi connectivity index (χ0n) is 11.9. The zero-order valence-corrected chi connectivity index (χ0v) is 12.7. The minimum Gasteiger partial charge on any atom is -0.316 e. The molecule has 0 unspecified atom stereocenters. The lowest BCUT2D eigenvalue weighted by Gasteiger charge is -2.08. The van der Waals surface area contributed by atoms with Crippen LogP contribution in [0.15, 0.2) is 41.6 Å². The highest BCUT2D eigenvalue weighted by Crippen LogP contribution is 2.11. The molecule has 1 aromatic heterocycles. The molecule has 0 radical (unpaired) electrons. The van der Waals surface area contributed by atoms with Crippen molar-refractivity contribution in [2.45, 2.75) is 24.4 Å². The second kappa shape index (κ2) is 7.30. The lowest BCUT2D eigenvalue weighted by molar-refractivity contribution is 0.542. The van der Waals surface area contributed by atoms with Crippen LogP contribution in [-0.4, -0.2) is 37.0 Å². The van der Waals surface area contributed by atoms with Crippen molar-refractivity contribution in [1.29, 1.82) is 0 Å². The number of aromatic nitrogens is 3. The quantitative estimate of drug-likeness (QED) is 0.688. The number of sulfonamides is 1. The highest BCUT2D eigenvalue weighted by Gasteiger charge is 2.13. The van der Waals surface area contributed by atoms with Crippen molar-refractivity contribution in [2.24, 2.45) is 0 Å². The molecule has 0 aliphatic heterocycles. The molecule has 0 aliphatic rings. The molecule has 0 spiro atoms. The predicted octanol–water partition coefficient (Wildman–Crippen LogP) is 0.366. The minimum absolute atomic E-state index is 0.288. The molecule has 0 amide bonds. The Bertz CT molecular complexity index is 655. The summed E-state index contributed by atoms with van der Waals surface area (Å²) in [6, 6.07) is 6.91. The van der Waals surface area contributed by atoms with Crippen molar-refractivity contribution in [2.75, 3.05) is 13.6 Å². The molecular formula is C13H19N5O2S. The fourth-order valence-corrected chi connectivity index (χ4v) is 3.05. The average molecular weight is 309 g/mol. The molecule has 0 saturated carbocycles. The Morgan fingerprint density at radius 3 is 2.90 bits per heavy atom. The lowest BCUT2D eigenvalue weighted by Crippen LogP contribution is -2.25. The van der Waals surface area contributed by atoms with Crippen LogP contribution in [0.25, 0.3) is 0 Å². The normalized spacial score (nSPS) is 11.7. The first-order chi connectivity index (χ1) is 10.1. The molecule has 1 heterocycles. The highest BCUT2D eigenvalue weighted by atomic mass is 32.2. The van der Waals surface area contributed by atoms with Gasteiger partial charge in [0.05, 0.1) is 11.1 Å². The molecule has 0 aliphatic carbocycles. The second-order valence-corrected chi connectivity index (χ2v) is 6.36. The van der Waals surface area contributed by atoms with Crippen LogP contribution in [0, 0.1) is 0 Å². The van der Waals surface area contributed by atoms with Crippen molar-refractivity contribution in [3.05, 3.63) is 42.2 Å². The van der Waals surface area contributed by atoms with Gasteiger partial charge >= 0.3 is 0 Å². The maximum atomic E-state index is 12.2. The molecule has 7 nitrogen and oxygen atoms in total. The van der Waals surface area contributed by atoms with Crippen LogP contribution in [0.3, 0.4) is 0 Å². The molecule has 2 aromatic rings. The van der Waals surface area contributed by atoms with E-state index in [4.69, 9.17) is 0 Å². The zero-order chi connectivity index (χ0) is 15.1. The fourth-order valence-electron chi connectivity index (χ4n) is 1.91. The van der Waals surface area contributed by atoms with Crippen molar-refractivity contribution in [3.8, 4) is 0 Å². The highest BCUT2D eigenvalue weighted by molar-refractivity contribution is 7.89. The lowest BCUT2D eigenvalue weighted by atomic mass is 10.2. The van der Waals surface area contributed by atoms with Gasteiger partial charge in [-0.05, 0) is 31.2 Å². The fraction of sp³-hybridized carbons (Fsp3) is 0.385. The van der Waals surface area contributed by atoms with Gasteiger partial charge in [0.15, 0.2) is 0 Å². The number of nitrogens with one attached hydrogen (secondary N) is 2. The van der Waals surface area contributed by atoms with Gasteiger partial charge in [0.1, 0.15) is 0 Å². The molecule has 2 rings (SSSR count). The van der Waals surface area contributed by atoms with E-state index in [1.807, 2.05) is 13.1 Å². The summed E-state index contributed by atoms with van der Waals surface area (Å²) in [4.78, 5) is 0.288. The first kappa shape index (κ1) is 15.6. The molecule has 0 bridgehead atoms. The number of nitrogens with zero attached hydrogens (tertiary/aromatic N) is 3. The maximum absolute atomic E-state index is 12.2. The average Bonchev–Trinajstić information content (AvgIpc) is 2.98. The van der Waals surface area contributed by atoms with E-state index in [1.165, 1.54) is 0 Å². The van der Waals surface area contributed by atoms with Crippen LogP contribution in [0.2, 0.25) is 0 Å². The summed E-state index contributed by atoms with van der Waals surface area (Å²) in [6.45, 7) is 1.62. The van der Waals surface area contributed by atoms with Crippen molar-refractivity contribution < 1.29 is 8.42 Å². The molecule has 2 N–H and O–H groups in total. The summed E-state index contributed by atoms with van der Waals surface area (Å²) in [6.07, 6.45) is 3.99. The summed E-state index contributed by atoms with van der Waals surface area (Å²) in [7, 11) is -1.64. The van der Waals surface area contributed by atoms with E-state index in [0.29, 0.717) is 26.1 Å². The first-order valence-corrected chi connectivity index (χ1v) is 8.17. The van der Waals surface area contributed by atoms with Gasteiger partial charge in [0.2, 0.25) is 10.0 Å². The van der Waals surface area contributed by atoms with Gasteiger partial charge in [0, 0.05) is 25.8 Å². The van der Waals surface area contributed by atoms with Gasteiger partial charge < -0.3 is 5.32 Å². The molecule has 8 heteroatoms. The molecule has 114 valence electrons. The summed E-state index contributed by atoms with van der Waals surface area (Å²) in [5, 5.41) is 10.5. The van der Waals surface area contributed by atoms with Gasteiger partial charge in [0.25, 0.3) is 0 Å². The smallest absolute Gasteiger partial charge is 0.240 e. The van der Waals surface area contributed by atoms with Gasteiger partial charge in [-0.2, -0.15) is 0 Å². The SMILES string of the molecule is CNCc1cccc(S(=O)(=O)NCCCn2ccnn2)c1. The standard InChI is InChI=1S/C13H19N5O2S/c1-14-11-12-4-2-5-13(10-12)21(19,20)16-6-3-8-18-9-7-15-17-18/h2,4-5,7,9-10,14,16H,3,6,8,11H2,1H3. The summed E-state index contributed by atoms with van der Waals surface area (Å²) >= 11 is 0. The number of hydrogen-bond donors (Lipinski definition) is 2. The van der Waals surface area contributed by atoms with E-state index in [2.05, 4.69) is 20.4 Å². The Labute approximate surface area is 124 Å². The summed E-state index contributed by atoms with van der Waals surface area (Å²) in [5.74, 6) is 0. The van der Waals surface area contributed by atoms with E-state index >= 15 is 0 Å². The van der Waals surface area contributed by atoms with E-state index in [-0.39, 0.29) is 4.90 Å². The van der Waals surface area contributed by atoms with Gasteiger partial charge in [-0.3, -0.25) is 4.68 Å². The predicted molar refractivity (Wildman–Crippen MR) is 79.0 cm³/mol. The van der Waals surface area contributed by atoms with E-state index in [9.17, 15) is 8.42 Å². The maximum Gasteiger partial charge on any atom is 0.240 e. The first-order valence-electron chi connectivity index (χ1n) is 6.69. The van der Waals surface area contributed by atoms with Gasteiger partial charge in [-0.25, -0.2) is 13.1 Å². The second-order valence-electron chi connectivity index (χ2n) is 4.60. The largest absolute Gasteiger partial charge is 0.316 e.